The van der Waals surface area contributed by atoms with E-state index in [1.807, 2.05) is 18.2 Å². The third kappa shape index (κ3) is 7.07. The zero-order valence-corrected chi connectivity index (χ0v) is 18.6. The van der Waals surface area contributed by atoms with Gasteiger partial charge in [-0.25, -0.2) is 4.39 Å². The minimum Gasteiger partial charge on any atom is -0.375 e. The maximum Gasteiger partial charge on any atom is 0.234 e. The van der Waals surface area contributed by atoms with Crippen LogP contribution in [0.1, 0.15) is 16.7 Å². The van der Waals surface area contributed by atoms with Gasteiger partial charge in [-0.2, -0.15) is 5.26 Å². The van der Waals surface area contributed by atoms with Gasteiger partial charge in [0.1, 0.15) is 5.82 Å². The lowest BCUT2D eigenvalue weighted by Gasteiger charge is -2.45. The van der Waals surface area contributed by atoms with Crippen molar-refractivity contribution in [3.8, 4) is 6.07 Å². The third-order valence-corrected chi connectivity index (χ3v) is 5.88. The van der Waals surface area contributed by atoms with Gasteiger partial charge in [0.05, 0.1) is 43.6 Å². The van der Waals surface area contributed by atoms with Gasteiger partial charge < -0.3 is 14.8 Å². The summed E-state index contributed by atoms with van der Waals surface area (Å²) >= 11 is 0. The summed E-state index contributed by atoms with van der Waals surface area (Å²) < 4.78 is 25.0. The molecule has 1 amide bonds. The molecule has 33 heavy (non-hydrogen) atoms. The molecule has 174 valence electrons. The monoisotopic (exact) mass is 452 g/mol. The Bertz CT molecular complexity index is 964. The fourth-order valence-corrected chi connectivity index (χ4v) is 4.34. The summed E-state index contributed by atoms with van der Waals surface area (Å²) in [6.07, 6.45) is 0.152. The van der Waals surface area contributed by atoms with Gasteiger partial charge in [-0.1, -0.05) is 24.3 Å². The van der Waals surface area contributed by atoms with Gasteiger partial charge in [0, 0.05) is 39.3 Å². The number of carbonyl (C=O) groups excluding carboxylic acids is 1. The van der Waals surface area contributed by atoms with E-state index in [1.54, 1.807) is 18.2 Å². The topological polar surface area (TPSA) is 77.8 Å². The highest BCUT2D eigenvalue weighted by Crippen LogP contribution is 2.19. The van der Waals surface area contributed by atoms with Crippen LogP contribution in [0.15, 0.2) is 48.5 Å². The Morgan fingerprint density at radius 2 is 1.82 bits per heavy atom. The third-order valence-electron chi connectivity index (χ3n) is 5.88. The highest BCUT2D eigenvalue weighted by atomic mass is 19.1. The van der Waals surface area contributed by atoms with Gasteiger partial charge in [-0.15, -0.1) is 0 Å². The molecule has 8 heteroatoms. The van der Waals surface area contributed by atoms with Crippen LogP contribution < -0.4 is 5.32 Å². The lowest BCUT2D eigenvalue weighted by Crippen LogP contribution is -2.60. The Labute approximate surface area is 193 Å². The van der Waals surface area contributed by atoms with E-state index in [2.05, 4.69) is 21.2 Å². The Hall–Kier alpha value is -2.83. The van der Waals surface area contributed by atoms with E-state index in [0.29, 0.717) is 31.9 Å². The molecule has 4 rings (SSSR count). The molecule has 0 saturated carbocycles. The minimum atomic E-state index is -0.246. The number of nitriles is 1. The summed E-state index contributed by atoms with van der Waals surface area (Å²) in [6, 6.07) is 15.8. The summed E-state index contributed by atoms with van der Waals surface area (Å²) in [6.45, 7) is 5.65. The second kappa shape index (κ2) is 11.3. The van der Waals surface area contributed by atoms with Gasteiger partial charge in [0.15, 0.2) is 0 Å². The Balaban J connectivity index is 1.14. The minimum absolute atomic E-state index is 0.0121. The first kappa shape index (κ1) is 23.3. The van der Waals surface area contributed by atoms with E-state index >= 15 is 0 Å². The molecule has 2 atom stereocenters. The average Bonchev–Trinajstić information content (AvgIpc) is 2.80. The lowest BCUT2D eigenvalue weighted by molar-refractivity contribution is -0.146. The molecule has 2 aliphatic rings. The molecule has 0 aliphatic carbocycles. The van der Waals surface area contributed by atoms with Gasteiger partial charge in [0.25, 0.3) is 0 Å². The first-order valence-electron chi connectivity index (χ1n) is 11.3. The Morgan fingerprint density at radius 1 is 1.09 bits per heavy atom. The van der Waals surface area contributed by atoms with Crippen LogP contribution in [0.2, 0.25) is 0 Å². The number of carbonyl (C=O) groups is 1. The summed E-state index contributed by atoms with van der Waals surface area (Å²) in [5.74, 6) is -0.258. The van der Waals surface area contributed by atoms with Crippen LogP contribution in [0, 0.1) is 17.1 Å². The molecule has 7 nitrogen and oxygen atoms in total. The summed E-state index contributed by atoms with van der Waals surface area (Å²) in [4.78, 5) is 16.9. The quantitative estimate of drug-likeness (QED) is 0.586. The van der Waals surface area contributed by atoms with Crippen molar-refractivity contribution in [3.05, 3.63) is 71.0 Å². The van der Waals surface area contributed by atoms with E-state index in [9.17, 15) is 9.18 Å². The number of nitrogens with zero attached hydrogens (tertiary/aromatic N) is 3. The molecule has 2 heterocycles. The largest absolute Gasteiger partial charge is 0.375 e. The predicted octanol–water partition coefficient (Wildman–Crippen LogP) is 1.92. The molecule has 2 aromatic rings. The lowest BCUT2D eigenvalue weighted by atomic mass is 10.1. The molecule has 2 bridgehead atoms. The number of morpholine rings is 2. The Kier molecular flexibility index (Phi) is 8.02. The maximum absolute atomic E-state index is 13.2. The maximum atomic E-state index is 13.2. The van der Waals surface area contributed by atoms with Crippen molar-refractivity contribution in [2.75, 3.05) is 45.9 Å². The van der Waals surface area contributed by atoms with Crippen LogP contribution in [-0.2, 0) is 27.4 Å². The van der Waals surface area contributed by atoms with Crippen molar-refractivity contribution < 1.29 is 18.7 Å². The summed E-state index contributed by atoms with van der Waals surface area (Å²) in [7, 11) is 0. The smallest absolute Gasteiger partial charge is 0.234 e. The van der Waals surface area contributed by atoms with E-state index in [1.165, 1.54) is 12.1 Å². The molecule has 2 saturated heterocycles. The van der Waals surface area contributed by atoms with Crippen molar-refractivity contribution >= 4 is 5.91 Å². The van der Waals surface area contributed by atoms with Crippen LogP contribution in [0.3, 0.4) is 0 Å². The molecular weight excluding hydrogens is 423 g/mol. The van der Waals surface area contributed by atoms with Crippen LogP contribution in [0.4, 0.5) is 4.39 Å². The molecule has 2 fully saturated rings. The fraction of sp³-hybridized carbons (Fsp3) is 0.440. The zero-order valence-electron chi connectivity index (χ0n) is 18.6. The number of amides is 1. The van der Waals surface area contributed by atoms with Gasteiger partial charge in [-0.3, -0.25) is 14.6 Å². The van der Waals surface area contributed by atoms with Crippen LogP contribution in [0.25, 0.3) is 0 Å². The van der Waals surface area contributed by atoms with Crippen LogP contribution in [0.5, 0.6) is 0 Å². The number of hydrogen-bond donors (Lipinski definition) is 1. The molecule has 0 radical (unpaired) electrons. The summed E-state index contributed by atoms with van der Waals surface area (Å²) in [5, 5.41) is 11.8. The average molecular weight is 453 g/mol. The molecule has 2 aromatic carbocycles. The number of rotatable bonds is 9. The first-order chi connectivity index (χ1) is 16.1. The molecule has 0 spiro atoms. The molecule has 2 unspecified atom stereocenters. The first-order valence-corrected chi connectivity index (χ1v) is 11.3. The number of fused-ring (bicyclic) bond motifs is 2. The zero-order chi connectivity index (χ0) is 23.0. The Morgan fingerprint density at radius 3 is 2.52 bits per heavy atom. The van der Waals surface area contributed by atoms with Gasteiger partial charge >= 0.3 is 0 Å². The van der Waals surface area contributed by atoms with E-state index in [0.717, 1.165) is 43.9 Å². The van der Waals surface area contributed by atoms with Crippen molar-refractivity contribution in [1.29, 1.82) is 5.26 Å². The number of nitrogens with one attached hydrogen (secondary N) is 1. The molecular formula is C25H29FN4O3. The van der Waals surface area contributed by atoms with Gasteiger partial charge in [-0.05, 0) is 35.4 Å². The number of hydrogen-bond acceptors (Lipinski definition) is 6. The normalized spacial score (nSPS) is 20.8. The van der Waals surface area contributed by atoms with E-state index < -0.39 is 0 Å². The van der Waals surface area contributed by atoms with Crippen LogP contribution in [-0.4, -0.2) is 73.8 Å². The van der Waals surface area contributed by atoms with Crippen molar-refractivity contribution in [1.82, 2.24) is 15.1 Å². The molecule has 0 aromatic heterocycles. The number of benzene rings is 2. The molecule has 2 aliphatic heterocycles. The SMILES string of the molecule is N#Cc1ccc(CNC(=O)CN2CC3CN(CCOCc4cccc(F)c4)CC(C2)O3)cc1. The van der Waals surface area contributed by atoms with E-state index in [-0.39, 0.29) is 23.9 Å². The highest BCUT2D eigenvalue weighted by molar-refractivity contribution is 5.78. The van der Waals surface area contributed by atoms with Gasteiger partial charge in [0.2, 0.25) is 5.91 Å². The second-order valence-electron chi connectivity index (χ2n) is 8.60. The number of ether oxygens (including phenoxy) is 2. The van der Waals surface area contributed by atoms with Crippen LogP contribution >= 0.6 is 0 Å². The van der Waals surface area contributed by atoms with Crippen molar-refractivity contribution in [3.63, 3.8) is 0 Å². The second-order valence-corrected chi connectivity index (χ2v) is 8.60. The van der Waals surface area contributed by atoms with E-state index in [4.69, 9.17) is 14.7 Å². The highest BCUT2D eigenvalue weighted by Gasteiger charge is 2.35. The van der Waals surface area contributed by atoms with Crippen molar-refractivity contribution in [2.24, 2.45) is 0 Å². The summed E-state index contributed by atoms with van der Waals surface area (Å²) in [5.41, 5.74) is 2.41. The molecule has 1 N–H and O–H groups in total. The fourth-order valence-electron chi connectivity index (χ4n) is 4.34. The predicted molar refractivity (Wildman–Crippen MR) is 121 cm³/mol. The number of halogens is 1. The van der Waals surface area contributed by atoms with Crippen molar-refractivity contribution in [2.45, 2.75) is 25.4 Å². The standard InChI is InChI=1S/C25H29FN4O3/c26-22-3-1-2-21(10-22)18-32-9-8-29-13-23-15-30(16-24(14-29)33-23)17-25(31)28-12-20-6-4-19(11-27)5-7-20/h1-7,10,23-24H,8-9,12-18H2,(H,28,31).